The Morgan fingerprint density at radius 1 is 1.35 bits per heavy atom. The molecule has 0 fully saturated rings. The van der Waals surface area contributed by atoms with Crippen molar-refractivity contribution in [2.45, 2.75) is 6.04 Å². The van der Waals surface area contributed by atoms with Crippen LogP contribution in [0.5, 0.6) is 0 Å². The Bertz CT molecular complexity index is 447. The van der Waals surface area contributed by atoms with Crippen LogP contribution in [0.4, 0.5) is 5.69 Å². The fourth-order valence-corrected chi connectivity index (χ4v) is 1.47. The number of carbonyl (C=O) groups excluding carboxylic acids is 2. The minimum Gasteiger partial charge on any atom is -0.395 e. The van der Waals surface area contributed by atoms with Crippen LogP contribution in [0.25, 0.3) is 0 Å². The number of rotatable bonds is 7. The minimum absolute atomic E-state index is 0.114. The van der Waals surface area contributed by atoms with Gasteiger partial charge >= 0.3 is 0 Å². The van der Waals surface area contributed by atoms with Gasteiger partial charge in [0.25, 0.3) is 5.91 Å². The van der Waals surface area contributed by atoms with Gasteiger partial charge in [-0.05, 0) is 24.3 Å². The molecule has 20 heavy (non-hydrogen) atoms. The maximum atomic E-state index is 11.6. The molecule has 0 radical (unpaired) electrons. The topological polar surface area (TPSA) is 114 Å². The molecule has 110 valence electrons. The SMILES string of the molecule is COCC(N)C(=O)Nc1ccc(C(=O)NCCO)cc1. The van der Waals surface area contributed by atoms with Gasteiger partial charge in [-0.3, -0.25) is 9.59 Å². The Kier molecular flexibility index (Phi) is 6.65. The van der Waals surface area contributed by atoms with Gasteiger partial charge in [-0.15, -0.1) is 0 Å². The Morgan fingerprint density at radius 3 is 2.55 bits per heavy atom. The Balaban J connectivity index is 2.58. The van der Waals surface area contributed by atoms with Crippen molar-refractivity contribution in [3.8, 4) is 0 Å². The summed E-state index contributed by atoms with van der Waals surface area (Å²) in [6, 6.07) is 5.61. The fraction of sp³-hybridized carbons (Fsp3) is 0.385. The number of ether oxygens (including phenoxy) is 1. The van der Waals surface area contributed by atoms with Gasteiger partial charge in [0.2, 0.25) is 5.91 Å². The van der Waals surface area contributed by atoms with Gasteiger partial charge in [0.1, 0.15) is 6.04 Å². The highest BCUT2D eigenvalue weighted by Gasteiger charge is 2.13. The minimum atomic E-state index is -0.743. The molecule has 0 aliphatic rings. The fourth-order valence-electron chi connectivity index (χ4n) is 1.47. The zero-order valence-electron chi connectivity index (χ0n) is 11.3. The molecule has 0 spiro atoms. The Morgan fingerprint density at radius 2 is 2.00 bits per heavy atom. The maximum absolute atomic E-state index is 11.6. The van der Waals surface area contributed by atoms with Crippen molar-refractivity contribution in [3.05, 3.63) is 29.8 Å². The molecule has 1 aromatic rings. The lowest BCUT2D eigenvalue weighted by atomic mass is 10.2. The van der Waals surface area contributed by atoms with Crippen molar-refractivity contribution in [1.29, 1.82) is 0 Å². The second-order valence-electron chi connectivity index (χ2n) is 4.11. The number of methoxy groups -OCH3 is 1. The normalized spacial score (nSPS) is 11.8. The summed E-state index contributed by atoms with van der Waals surface area (Å²) >= 11 is 0. The average molecular weight is 281 g/mol. The predicted octanol–water partition coefficient (Wildman–Crippen LogP) is -0.679. The van der Waals surface area contributed by atoms with Crippen molar-refractivity contribution in [3.63, 3.8) is 0 Å². The average Bonchev–Trinajstić information content (AvgIpc) is 2.45. The second kappa shape index (κ2) is 8.26. The van der Waals surface area contributed by atoms with E-state index in [-0.39, 0.29) is 31.6 Å². The van der Waals surface area contributed by atoms with Crippen LogP contribution in [0, 0.1) is 0 Å². The number of carbonyl (C=O) groups is 2. The molecule has 2 amide bonds. The number of benzene rings is 1. The molecule has 0 aliphatic heterocycles. The predicted molar refractivity (Wildman–Crippen MR) is 74.3 cm³/mol. The molecule has 0 heterocycles. The highest BCUT2D eigenvalue weighted by atomic mass is 16.5. The standard InChI is InChI=1S/C13H19N3O4/c1-20-8-11(14)13(19)16-10-4-2-9(3-5-10)12(18)15-6-7-17/h2-5,11,17H,6-8,14H2,1H3,(H,15,18)(H,16,19). The van der Waals surface area contributed by atoms with Crippen molar-refractivity contribution in [2.24, 2.45) is 5.73 Å². The van der Waals surface area contributed by atoms with E-state index in [1.807, 2.05) is 0 Å². The summed E-state index contributed by atoms with van der Waals surface area (Å²) in [4.78, 5) is 23.2. The molecule has 0 saturated heterocycles. The van der Waals surface area contributed by atoms with E-state index in [1.54, 1.807) is 24.3 Å². The van der Waals surface area contributed by atoms with Crippen molar-refractivity contribution in [1.82, 2.24) is 5.32 Å². The molecule has 1 atom stereocenters. The van der Waals surface area contributed by atoms with Gasteiger partial charge in [-0.25, -0.2) is 0 Å². The summed E-state index contributed by atoms with van der Waals surface area (Å²) in [6.45, 7) is 0.216. The first-order chi connectivity index (χ1) is 9.58. The van der Waals surface area contributed by atoms with Gasteiger partial charge in [-0.2, -0.15) is 0 Å². The van der Waals surface area contributed by atoms with Crippen LogP contribution in [0.3, 0.4) is 0 Å². The Labute approximate surface area is 117 Å². The van der Waals surface area contributed by atoms with Crippen LogP contribution >= 0.6 is 0 Å². The van der Waals surface area contributed by atoms with Gasteiger partial charge in [0, 0.05) is 24.9 Å². The highest BCUT2D eigenvalue weighted by molar-refractivity contribution is 5.97. The quantitative estimate of drug-likeness (QED) is 0.529. The summed E-state index contributed by atoms with van der Waals surface area (Å²) < 4.78 is 4.79. The molecule has 7 nitrogen and oxygen atoms in total. The highest BCUT2D eigenvalue weighted by Crippen LogP contribution is 2.09. The second-order valence-corrected chi connectivity index (χ2v) is 4.11. The third kappa shape index (κ3) is 4.96. The summed E-state index contributed by atoms with van der Waals surface area (Å²) in [7, 11) is 1.47. The third-order valence-electron chi connectivity index (χ3n) is 2.49. The van der Waals surface area contributed by atoms with Crippen molar-refractivity contribution >= 4 is 17.5 Å². The van der Waals surface area contributed by atoms with Crippen LogP contribution in [0.15, 0.2) is 24.3 Å². The zero-order valence-corrected chi connectivity index (χ0v) is 11.3. The van der Waals surface area contributed by atoms with Crippen molar-refractivity contribution < 1.29 is 19.4 Å². The van der Waals surface area contributed by atoms with Gasteiger partial charge in [-0.1, -0.05) is 0 Å². The van der Waals surface area contributed by atoms with E-state index in [4.69, 9.17) is 15.6 Å². The summed E-state index contributed by atoms with van der Waals surface area (Å²) in [5, 5.41) is 13.8. The molecule has 1 rings (SSSR count). The first kappa shape index (κ1) is 16.1. The maximum Gasteiger partial charge on any atom is 0.251 e. The van der Waals surface area contributed by atoms with Crippen LogP contribution in [0.1, 0.15) is 10.4 Å². The monoisotopic (exact) mass is 281 g/mol. The molecule has 1 aromatic carbocycles. The lowest BCUT2D eigenvalue weighted by Crippen LogP contribution is -2.39. The van der Waals surface area contributed by atoms with E-state index in [2.05, 4.69) is 10.6 Å². The first-order valence-corrected chi connectivity index (χ1v) is 6.13. The largest absolute Gasteiger partial charge is 0.395 e. The number of aliphatic hydroxyl groups is 1. The first-order valence-electron chi connectivity index (χ1n) is 6.13. The molecule has 1 unspecified atom stereocenters. The van der Waals surface area contributed by atoms with E-state index in [9.17, 15) is 9.59 Å². The van der Waals surface area contributed by atoms with Crippen molar-refractivity contribution in [2.75, 3.05) is 32.2 Å². The van der Waals surface area contributed by atoms with Gasteiger partial charge in [0.05, 0.1) is 13.2 Å². The number of hydrogen-bond donors (Lipinski definition) is 4. The van der Waals surface area contributed by atoms with Crippen LogP contribution < -0.4 is 16.4 Å². The zero-order chi connectivity index (χ0) is 15.0. The molecular weight excluding hydrogens is 262 g/mol. The third-order valence-corrected chi connectivity index (χ3v) is 2.49. The molecule has 0 saturated carbocycles. The van der Waals surface area contributed by atoms with Gasteiger partial charge < -0.3 is 26.2 Å². The van der Waals surface area contributed by atoms with E-state index in [1.165, 1.54) is 7.11 Å². The lowest BCUT2D eigenvalue weighted by molar-refractivity contribution is -0.118. The van der Waals surface area contributed by atoms with E-state index >= 15 is 0 Å². The number of anilines is 1. The summed E-state index contributed by atoms with van der Waals surface area (Å²) in [5.74, 6) is -0.641. The molecule has 0 bridgehead atoms. The molecule has 0 aliphatic carbocycles. The molecule has 5 N–H and O–H groups in total. The smallest absolute Gasteiger partial charge is 0.251 e. The van der Waals surface area contributed by atoms with E-state index < -0.39 is 6.04 Å². The molecule has 0 aromatic heterocycles. The number of aliphatic hydroxyl groups excluding tert-OH is 1. The number of nitrogens with one attached hydrogen (secondary N) is 2. The van der Waals surface area contributed by atoms with Crippen LogP contribution in [-0.2, 0) is 9.53 Å². The van der Waals surface area contributed by atoms with Gasteiger partial charge in [0.15, 0.2) is 0 Å². The Hall–Kier alpha value is -1.96. The molecular formula is C13H19N3O4. The van der Waals surface area contributed by atoms with E-state index in [0.717, 1.165) is 0 Å². The number of hydrogen-bond acceptors (Lipinski definition) is 5. The number of nitrogens with two attached hydrogens (primary N) is 1. The van der Waals surface area contributed by atoms with Crippen LogP contribution in [-0.4, -0.2) is 49.8 Å². The molecule has 7 heteroatoms. The summed E-state index contributed by atoms with van der Waals surface area (Å²) in [5.41, 5.74) is 6.57. The summed E-state index contributed by atoms with van der Waals surface area (Å²) in [6.07, 6.45) is 0. The van der Waals surface area contributed by atoms with E-state index in [0.29, 0.717) is 11.3 Å². The lowest BCUT2D eigenvalue weighted by Gasteiger charge is -2.11. The van der Waals surface area contributed by atoms with Crippen LogP contribution in [0.2, 0.25) is 0 Å². The number of amides is 2.